The van der Waals surface area contributed by atoms with E-state index >= 15 is 0 Å². The van der Waals surface area contributed by atoms with E-state index in [1.54, 1.807) is 19.1 Å². The lowest BCUT2D eigenvalue weighted by atomic mass is 10.0. The topological polar surface area (TPSA) is 84.7 Å². The van der Waals surface area contributed by atoms with Crippen LogP contribution in [-0.4, -0.2) is 20.9 Å². The van der Waals surface area contributed by atoms with Crippen LogP contribution in [0.1, 0.15) is 33.0 Å². The Bertz CT molecular complexity index is 1210. The molecule has 0 aliphatic heterocycles. The first-order valence-corrected chi connectivity index (χ1v) is 8.92. The van der Waals surface area contributed by atoms with E-state index in [2.05, 4.69) is 21.0 Å². The summed E-state index contributed by atoms with van der Waals surface area (Å²) >= 11 is 0. The molecule has 0 saturated carbocycles. The maximum atomic E-state index is 14.2. The molecule has 0 fully saturated rings. The van der Waals surface area contributed by atoms with Gasteiger partial charge in [-0.15, -0.1) is 0 Å². The fourth-order valence-electron chi connectivity index (χ4n) is 3.44. The minimum Gasteiger partial charge on any atom is -0.365 e. The highest BCUT2D eigenvalue weighted by Gasteiger charge is 2.14. The number of benzene rings is 2. The van der Waals surface area contributed by atoms with E-state index in [0.29, 0.717) is 29.1 Å². The number of aromatic nitrogens is 3. The number of amides is 1. The monoisotopic (exact) mass is 374 g/mol. The lowest BCUT2D eigenvalue weighted by Crippen LogP contribution is -2.15. The molecular formula is C22H19FN4O. The maximum Gasteiger partial charge on any atom is 0.252 e. The van der Waals surface area contributed by atoms with Crippen molar-refractivity contribution in [1.29, 1.82) is 0 Å². The zero-order valence-electron chi connectivity index (χ0n) is 15.6. The summed E-state index contributed by atoms with van der Waals surface area (Å²) in [6, 6.07) is 12.8. The molecule has 4 aromatic rings. The Morgan fingerprint density at radius 2 is 1.96 bits per heavy atom. The molecular weight excluding hydrogens is 355 g/mol. The summed E-state index contributed by atoms with van der Waals surface area (Å²) in [7, 11) is 0. The molecule has 0 atom stereocenters. The van der Waals surface area contributed by atoms with Crippen LogP contribution in [0.25, 0.3) is 22.2 Å². The van der Waals surface area contributed by atoms with E-state index in [1.165, 1.54) is 12.3 Å². The minimum atomic E-state index is -0.533. The summed E-state index contributed by atoms with van der Waals surface area (Å²) in [5.74, 6) is -0.172. The molecule has 5 nitrogen and oxygen atoms in total. The van der Waals surface area contributed by atoms with Gasteiger partial charge >= 0.3 is 0 Å². The van der Waals surface area contributed by atoms with Gasteiger partial charge in [0.1, 0.15) is 11.6 Å². The third-order valence-electron chi connectivity index (χ3n) is 4.92. The van der Waals surface area contributed by atoms with Crippen LogP contribution in [0.2, 0.25) is 0 Å². The minimum absolute atomic E-state index is 0.254. The number of hydrogen-bond donors (Lipinski definition) is 2. The van der Waals surface area contributed by atoms with Crippen LogP contribution in [0.4, 0.5) is 4.39 Å². The smallest absolute Gasteiger partial charge is 0.252 e. The summed E-state index contributed by atoms with van der Waals surface area (Å²) in [6.07, 6.45) is 1.99. The average molecular weight is 374 g/mol. The number of fused-ring (bicyclic) bond motifs is 1. The third-order valence-corrected chi connectivity index (χ3v) is 4.92. The van der Waals surface area contributed by atoms with E-state index in [-0.39, 0.29) is 5.82 Å². The normalized spacial score (nSPS) is 11.1. The van der Waals surface area contributed by atoms with E-state index in [9.17, 15) is 9.18 Å². The predicted octanol–water partition coefficient (Wildman–Crippen LogP) is 4.07. The summed E-state index contributed by atoms with van der Waals surface area (Å²) in [6.45, 7) is 3.72. The number of primary amides is 1. The SMILES string of the molecule is Cc1nc(Cc2ccc3[nH]c(-c4ccccc4F)c(C)c3c2)ncc1C(N)=O. The molecule has 2 aromatic carbocycles. The molecule has 0 saturated heterocycles. The van der Waals surface area contributed by atoms with Gasteiger partial charge in [-0.1, -0.05) is 18.2 Å². The number of hydrogen-bond acceptors (Lipinski definition) is 3. The highest BCUT2D eigenvalue weighted by Crippen LogP contribution is 2.31. The number of aryl methyl sites for hydroxylation is 2. The summed E-state index contributed by atoms with van der Waals surface area (Å²) < 4.78 is 14.2. The van der Waals surface area contributed by atoms with Gasteiger partial charge in [-0.25, -0.2) is 14.4 Å². The third kappa shape index (κ3) is 3.13. The number of carbonyl (C=O) groups excluding carboxylic acids is 1. The van der Waals surface area contributed by atoms with Crippen molar-refractivity contribution in [3.05, 3.63) is 82.7 Å². The molecule has 28 heavy (non-hydrogen) atoms. The molecule has 0 aliphatic carbocycles. The first-order chi connectivity index (χ1) is 13.4. The van der Waals surface area contributed by atoms with Crippen molar-refractivity contribution >= 4 is 16.8 Å². The highest BCUT2D eigenvalue weighted by atomic mass is 19.1. The maximum absolute atomic E-state index is 14.2. The summed E-state index contributed by atoms with van der Waals surface area (Å²) in [5, 5.41) is 1.03. The molecule has 6 heteroatoms. The number of nitrogens with two attached hydrogens (primary N) is 1. The molecule has 0 radical (unpaired) electrons. The van der Waals surface area contributed by atoms with Crippen molar-refractivity contribution < 1.29 is 9.18 Å². The number of halogens is 1. The second kappa shape index (κ2) is 6.88. The molecule has 2 heterocycles. The summed E-state index contributed by atoms with van der Waals surface area (Å²) in [4.78, 5) is 23.3. The zero-order valence-corrected chi connectivity index (χ0v) is 15.6. The molecule has 140 valence electrons. The molecule has 3 N–H and O–H groups in total. The highest BCUT2D eigenvalue weighted by molar-refractivity contribution is 5.93. The Morgan fingerprint density at radius 1 is 1.18 bits per heavy atom. The number of H-pyrrole nitrogens is 1. The molecule has 1 amide bonds. The largest absolute Gasteiger partial charge is 0.365 e. The Hall–Kier alpha value is -3.54. The first-order valence-electron chi connectivity index (χ1n) is 8.92. The van der Waals surface area contributed by atoms with Crippen molar-refractivity contribution in [3.63, 3.8) is 0 Å². The van der Waals surface area contributed by atoms with Gasteiger partial charge in [0, 0.05) is 29.1 Å². The van der Waals surface area contributed by atoms with Gasteiger partial charge < -0.3 is 10.7 Å². The van der Waals surface area contributed by atoms with Gasteiger partial charge in [-0.2, -0.15) is 0 Å². The lowest BCUT2D eigenvalue weighted by molar-refractivity contribution is 0.0999. The second-order valence-electron chi connectivity index (χ2n) is 6.81. The quantitative estimate of drug-likeness (QED) is 0.565. The number of nitrogens with zero attached hydrogens (tertiary/aromatic N) is 2. The van der Waals surface area contributed by atoms with Gasteiger partial charge in [0.25, 0.3) is 5.91 Å². The van der Waals surface area contributed by atoms with E-state index in [0.717, 1.165) is 27.7 Å². The molecule has 4 rings (SSSR count). The van der Waals surface area contributed by atoms with Crippen molar-refractivity contribution in [2.24, 2.45) is 5.73 Å². The van der Waals surface area contributed by atoms with Crippen LogP contribution >= 0.6 is 0 Å². The van der Waals surface area contributed by atoms with Crippen LogP contribution in [0.5, 0.6) is 0 Å². The number of carbonyl (C=O) groups is 1. The van der Waals surface area contributed by atoms with Gasteiger partial charge in [-0.3, -0.25) is 4.79 Å². The van der Waals surface area contributed by atoms with E-state index in [1.807, 2.05) is 25.1 Å². The van der Waals surface area contributed by atoms with Crippen LogP contribution in [0.15, 0.2) is 48.7 Å². The Balaban J connectivity index is 1.71. The molecule has 0 unspecified atom stereocenters. The van der Waals surface area contributed by atoms with Crippen molar-refractivity contribution in [2.75, 3.05) is 0 Å². The number of nitrogens with one attached hydrogen (secondary N) is 1. The fraction of sp³-hybridized carbons (Fsp3) is 0.136. The van der Waals surface area contributed by atoms with Gasteiger partial charge in [0.05, 0.1) is 17.0 Å². The number of rotatable bonds is 4. The van der Waals surface area contributed by atoms with Crippen molar-refractivity contribution in [3.8, 4) is 11.3 Å². The molecule has 0 bridgehead atoms. The van der Waals surface area contributed by atoms with Crippen molar-refractivity contribution in [1.82, 2.24) is 15.0 Å². The molecule has 0 aliphatic rings. The standard InChI is InChI=1S/C22H19FN4O/c1-12-16-9-14(10-20-25-11-17(22(24)28)13(2)26-20)7-8-19(16)27-21(12)15-5-3-4-6-18(15)23/h3-9,11,27H,10H2,1-2H3,(H2,24,28). The van der Waals surface area contributed by atoms with Crippen LogP contribution < -0.4 is 5.73 Å². The van der Waals surface area contributed by atoms with Gasteiger partial charge in [0.2, 0.25) is 0 Å². The zero-order chi connectivity index (χ0) is 19.8. The average Bonchev–Trinajstić information content (AvgIpc) is 2.98. The van der Waals surface area contributed by atoms with E-state index < -0.39 is 5.91 Å². The van der Waals surface area contributed by atoms with Gasteiger partial charge in [-0.05, 0) is 49.2 Å². The Kier molecular flexibility index (Phi) is 4.39. The molecule has 0 spiro atoms. The fourth-order valence-corrected chi connectivity index (χ4v) is 3.44. The predicted molar refractivity (Wildman–Crippen MR) is 107 cm³/mol. The van der Waals surface area contributed by atoms with E-state index in [4.69, 9.17) is 5.73 Å². The van der Waals surface area contributed by atoms with Gasteiger partial charge in [0.15, 0.2) is 0 Å². The lowest BCUT2D eigenvalue weighted by Gasteiger charge is -2.05. The van der Waals surface area contributed by atoms with Crippen LogP contribution in [-0.2, 0) is 6.42 Å². The Morgan fingerprint density at radius 3 is 2.68 bits per heavy atom. The van der Waals surface area contributed by atoms with Crippen LogP contribution in [0, 0.1) is 19.7 Å². The number of aromatic amines is 1. The second-order valence-corrected chi connectivity index (χ2v) is 6.81. The van der Waals surface area contributed by atoms with Crippen molar-refractivity contribution in [2.45, 2.75) is 20.3 Å². The first kappa shape index (κ1) is 17.9. The summed E-state index contributed by atoms with van der Waals surface area (Å²) in [5.41, 5.74) is 10.5. The van der Waals surface area contributed by atoms with Crippen LogP contribution in [0.3, 0.4) is 0 Å². The molecule has 2 aromatic heterocycles. The Labute approximate surface area is 161 Å².